The van der Waals surface area contributed by atoms with Crippen molar-refractivity contribution in [1.29, 1.82) is 0 Å². The van der Waals surface area contributed by atoms with Crippen LogP contribution >= 0.6 is 0 Å². The Bertz CT molecular complexity index is 1610. The maximum absolute atomic E-state index is 13.3. The first kappa shape index (κ1) is 89.3. The molecule has 11 nitrogen and oxygen atoms in total. The number of aliphatic hydroxyl groups excluding tert-OH is 7. The van der Waals surface area contributed by atoms with Crippen LogP contribution in [0.25, 0.3) is 0 Å². The highest BCUT2D eigenvalue weighted by Gasteiger charge is 2.44. The van der Waals surface area contributed by atoms with Crippen molar-refractivity contribution in [1.82, 2.24) is 5.32 Å². The number of rotatable bonds is 73. The van der Waals surface area contributed by atoms with E-state index in [1.807, 2.05) is 0 Å². The SMILES string of the molecule is CCCCCCCCCCCCC/C=C\C/C=C\CCCCCCCCCCCCCCCCCCC(O)C(=O)NC(COC1OC(CO)C(O)C(O)C1O)C(O)C(O)CCC/C=C/CCCCCCCCCCCCCCCCCCCCCCCCCCCCC. The van der Waals surface area contributed by atoms with Gasteiger partial charge in [0, 0.05) is 0 Å². The molecule has 1 fully saturated rings. The number of unbranched alkanes of at least 4 members (excludes halogenated alkanes) is 55. The molecule has 0 spiro atoms. The van der Waals surface area contributed by atoms with E-state index >= 15 is 0 Å². The van der Waals surface area contributed by atoms with Gasteiger partial charge in [0.25, 0.3) is 0 Å². The second-order valence-corrected chi connectivity index (χ2v) is 28.8. The molecule has 9 unspecified atom stereocenters. The minimum atomic E-state index is -1.67. The first-order chi connectivity index (χ1) is 45.7. The molecule has 1 aliphatic heterocycles. The Kier molecular flexibility index (Phi) is 67.4. The second-order valence-electron chi connectivity index (χ2n) is 28.8. The molecule has 0 aromatic rings. The van der Waals surface area contributed by atoms with Gasteiger partial charge in [0.2, 0.25) is 5.91 Å². The van der Waals surface area contributed by atoms with Crippen LogP contribution in [-0.4, -0.2) is 110 Å². The molecule has 0 bridgehead atoms. The average molecular weight is 1320 g/mol. The van der Waals surface area contributed by atoms with E-state index in [1.54, 1.807) is 0 Å². The Balaban J connectivity index is 2.14. The molecule has 1 aliphatic rings. The van der Waals surface area contributed by atoms with E-state index in [9.17, 15) is 40.5 Å². The third-order valence-corrected chi connectivity index (χ3v) is 19.9. The minimum absolute atomic E-state index is 0.256. The molecule has 1 saturated heterocycles. The summed E-state index contributed by atoms with van der Waals surface area (Å²) in [6.45, 7) is 3.51. The zero-order valence-corrected chi connectivity index (χ0v) is 61.3. The highest BCUT2D eigenvalue weighted by Crippen LogP contribution is 2.24. The first-order valence-corrected chi connectivity index (χ1v) is 40.9. The fraction of sp³-hybridized carbons (Fsp3) is 0.915. The molecule has 550 valence electrons. The van der Waals surface area contributed by atoms with Crippen molar-refractivity contribution in [2.75, 3.05) is 13.2 Å². The summed E-state index contributed by atoms with van der Waals surface area (Å²) in [6, 6.07) is -1.19. The Morgan fingerprint density at radius 1 is 0.376 bits per heavy atom. The van der Waals surface area contributed by atoms with E-state index in [0.717, 1.165) is 44.9 Å². The molecule has 0 aliphatic carbocycles. The molecule has 0 aromatic heterocycles. The van der Waals surface area contributed by atoms with Crippen LogP contribution in [0.2, 0.25) is 0 Å². The van der Waals surface area contributed by atoms with Gasteiger partial charge in [0.15, 0.2) is 6.29 Å². The number of carbonyl (C=O) groups excluding carboxylic acids is 1. The Hall–Kier alpha value is -1.67. The predicted molar refractivity (Wildman–Crippen MR) is 395 cm³/mol. The number of allylic oxidation sites excluding steroid dienone is 6. The lowest BCUT2D eigenvalue weighted by molar-refractivity contribution is -0.303. The van der Waals surface area contributed by atoms with Crippen LogP contribution < -0.4 is 5.32 Å². The molecule has 0 saturated carbocycles. The predicted octanol–water partition coefficient (Wildman–Crippen LogP) is 21.3. The summed E-state index contributed by atoms with van der Waals surface area (Å²) >= 11 is 0. The maximum atomic E-state index is 13.3. The number of ether oxygens (including phenoxy) is 2. The second kappa shape index (κ2) is 70.2. The van der Waals surface area contributed by atoms with Crippen LogP contribution in [0, 0.1) is 0 Å². The van der Waals surface area contributed by atoms with Crippen molar-refractivity contribution in [3.8, 4) is 0 Å². The maximum Gasteiger partial charge on any atom is 0.249 e. The zero-order chi connectivity index (χ0) is 67.4. The van der Waals surface area contributed by atoms with Crippen molar-refractivity contribution < 1.29 is 50.0 Å². The van der Waals surface area contributed by atoms with Crippen molar-refractivity contribution in [2.45, 2.75) is 467 Å². The van der Waals surface area contributed by atoms with E-state index in [2.05, 4.69) is 55.6 Å². The van der Waals surface area contributed by atoms with E-state index in [-0.39, 0.29) is 12.8 Å². The van der Waals surface area contributed by atoms with Crippen molar-refractivity contribution in [3.05, 3.63) is 36.5 Å². The molecule has 0 aromatic carbocycles. The molecule has 8 N–H and O–H groups in total. The summed E-state index contributed by atoms with van der Waals surface area (Å²) in [4.78, 5) is 13.3. The van der Waals surface area contributed by atoms with Gasteiger partial charge in [-0.05, 0) is 70.6 Å². The molecule has 9 atom stereocenters. The number of hydrogen-bond donors (Lipinski definition) is 8. The average Bonchev–Trinajstić information content (AvgIpc) is 1.04. The summed E-state index contributed by atoms with van der Waals surface area (Å²) in [5, 5.41) is 76.7. The third-order valence-electron chi connectivity index (χ3n) is 19.9. The number of aliphatic hydroxyl groups is 7. The van der Waals surface area contributed by atoms with Crippen LogP contribution in [0.5, 0.6) is 0 Å². The van der Waals surface area contributed by atoms with Crippen LogP contribution in [0.15, 0.2) is 36.5 Å². The lowest BCUT2D eigenvalue weighted by atomic mass is 9.98. The highest BCUT2D eigenvalue weighted by molar-refractivity contribution is 5.80. The molecule has 1 heterocycles. The molecule has 1 rings (SSSR count). The molecular weight excluding hydrogens is 1160 g/mol. The van der Waals surface area contributed by atoms with Gasteiger partial charge in [-0.2, -0.15) is 0 Å². The molecule has 93 heavy (non-hydrogen) atoms. The third kappa shape index (κ3) is 56.9. The fourth-order valence-electron chi connectivity index (χ4n) is 13.4. The topological polar surface area (TPSA) is 189 Å². The van der Waals surface area contributed by atoms with Crippen LogP contribution in [0.4, 0.5) is 0 Å². The number of hydrogen-bond acceptors (Lipinski definition) is 10. The van der Waals surface area contributed by atoms with Gasteiger partial charge in [-0.15, -0.1) is 0 Å². The van der Waals surface area contributed by atoms with E-state index in [4.69, 9.17) is 9.47 Å². The summed E-state index contributed by atoms with van der Waals surface area (Å²) in [5.74, 6) is -0.699. The van der Waals surface area contributed by atoms with Gasteiger partial charge in [0.05, 0.1) is 25.4 Å². The number of carbonyl (C=O) groups is 1. The highest BCUT2D eigenvalue weighted by atomic mass is 16.7. The molecular formula is C82H157NO10. The molecule has 11 heteroatoms. The van der Waals surface area contributed by atoms with Gasteiger partial charge in [-0.25, -0.2) is 0 Å². The largest absolute Gasteiger partial charge is 0.394 e. The van der Waals surface area contributed by atoms with Gasteiger partial charge in [-0.3, -0.25) is 4.79 Å². The number of nitrogens with one attached hydrogen (secondary N) is 1. The normalized spacial score (nSPS) is 18.4. The van der Waals surface area contributed by atoms with E-state index in [1.165, 1.54) is 327 Å². The van der Waals surface area contributed by atoms with Gasteiger partial charge < -0.3 is 50.5 Å². The zero-order valence-electron chi connectivity index (χ0n) is 61.3. The van der Waals surface area contributed by atoms with Crippen molar-refractivity contribution in [2.24, 2.45) is 0 Å². The smallest absolute Gasteiger partial charge is 0.249 e. The standard InChI is InChI=1S/C82H157NO10/c1-3-5-7-9-11-13-15-17-19-21-23-25-27-29-31-33-35-37-38-40-42-44-46-48-50-52-54-56-58-60-62-64-66-68-70-75(86)81(91)83-73(72-92-82-80(90)79(89)78(88)76(71-84)93-82)77(87)74(85)69-67-65-63-61-59-57-55-53-51-49-47-45-43-41-39-36-34-32-30-28-26-24-22-20-18-16-14-12-10-8-6-4-2/h27,29,33,35,61,63,73-80,82,84-90H,3-26,28,30-32,34,36-60,62,64-72H2,1-2H3,(H,83,91)/b29-27-,35-33-,63-61+. The lowest BCUT2D eigenvalue weighted by Crippen LogP contribution is -2.60. The first-order valence-electron chi connectivity index (χ1n) is 40.9. The van der Waals surface area contributed by atoms with Gasteiger partial charge in [0.1, 0.15) is 36.6 Å². The Morgan fingerprint density at radius 3 is 0.989 bits per heavy atom. The monoisotopic (exact) mass is 1320 g/mol. The Labute approximate surface area is 575 Å². The van der Waals surface area contributed by atoms with Gasteiger partial charge >= 0.3 is 0 Å². The molecule has 0 radical (unpaired) electrons. The van der Waals surface area contributed by atoms with E-state index in [0.29, 0.717) is 12.8 Å². The van der Waals surface area contributed by atoms with Crippen LogP contribution in [-0.2, 0) is 14.3 Å². The van der Waals surface area contributed by atoms with E-state index < -0.39 is 74.2 Å². The van der Waals surface area contributed by atoms with Crippen LogP contribution in [0.3, 0.4) is 0 Å². The summed E-state index contributed by atoms with van der Waals surface area (Å²) in [5.41, 5.74) is 0. The summed E-state index contributed by atoms with van der Waals surface area (Å²) in [6.07, 6.45) is 81.3. The minimum Gasteiger partial charge on any atom is -0.394 e. The van der Waals surface area contributed by atoms with Crippen molar-refractivity contribution in [3.63, 3.8) is 0 Å². The fourth-order valence-corrected chi connectivity index (χ4v) is 13.4. The van der Waals surface area contributed by atoms with Crippen molar-refractivity contribution >= 4 is 5.91 Å². The quantitative estimate of drug-likeness (QED) is 0.0215. The van der Waals surface area contributed by atoms with Crippen LogP contribution in [0.1, 0.15) is 412 Å². The lowest BCUT2D eigenvalue weighted by Gasteiger charge is -2.40. The van der Waals surface area contributed by atoms with Gasteiger partial charge in [-0.1, -0.05) is 378 Å². The Morgan fingerprint density at radius 2 is 0.667 bits per heavy atom. The number of amides is 1. The summed E-state index contributed by atoms with van der Waals surface area (Å²) in [7, 11) is 0. The summed E-state index contributed by atoms with van der Waals surface area (Å²) < 4.78 is 11.2. The molecule has 1 amide bonds.